The van der Waals surface area contributed by atoms with Crippen LogP contribution in [-0.4, -0.2) is 23.7 Å². The van der Waals surface area contributed by atoms with Gasteiger partial charge in [0.1, 0.15) is 5.75 Å². The van der Waals surface area contributed by atoms with Gasteiger partial charge in [-0.05, 0) is 56.1 Å². The third-order valence-corrected chi connectivity index (χ3v) is 3.38. The van der Waals surface area contributed by atoms with Gasteiger partial charge >= 0.3 is 0 Å². The van der Waals surface area contributed by atoms with Gasteiger partial charge in [0.2, 0.25) is 5.91 Å². The normalized spacial score (nSPS) is 13.4. The Hall–Kier alpha value is -1.82. The maximum Gasteiger partial charge on any atom is 0.241 e. The fraction of sp³-hybridized carbons (Fsp3) is 0.467. The van der Waals surface area contributed by atoms with Crippen LogP contribution in [0.1, 0.15) is 30.4 Å². The van der Waals surface area contributed by atoms with Gasteiger partial charge in [-0.3, -0.25) is 15.6 Å². The first-order chi connectivity index (χ1) is 10.0. The molecular weight excluding hydrogens is 286 g/mol. The summed E-state index contributed by atoms with van der Waals surface area (Å²) < 4.78 is 5.63. The van der Waals surface area contributed by atoms with Gasteiger partial charge in [0.15, 0.2) is 5.11 Å². The van der Waals surface area contributed by atoms with Gasteiger partial charge in [0.25, 0.3) is 0 Å². The van der Waals surface area contributed by atoms with E-state index >= 15 is 0 Å². The number of hydrazine groups is 1. The Balaban J connectivity index is 1.64. The van der Waals surface area contributed by atoms with Gasteiger partial charge in [-0.2, -0.15) is 0 Å². The number of hydrogen-bond donors (Lipinski definition) is 3. The Morgan fingerprint density at radius 2 is 2.10 bits per heavy atom. The van der Waals surface area contributed by atoms with Crippen LogP contribution in [0, 0.1) is 13.8 Å². The summed E-state index contributed by atoms with van der Waals surface area (Å²) in [6.07, 6.45) is 2.55. The highest BCUT2D eigenvalue weighted by molar-refractivity contribution is 7.80. The second-order valence-electron chi connectivity index (χ2n) is 5.29. The van der Waals surface area contributed by atoms with E-state index < -0.39 is 0 Å². The molecule has 0 saturated heterocycles. The Kier molecular flexibility index (Phi) is 5.38. The van der Waals surface area contributed by atoms with Crippen molar-refractivity contribution in [2.45, 2.75) is 39.2 Å². The summed E-state index contributed by atoms with van der Waals surface area (Å²) in [4.78, 5) is 11.6. The van der Waals surface area contributed by atoms with Crippen LogP contribution in [0.3, 0.4) is 0 Å². The second kappa shape index (κ2) is 7.26. The zero-order chi connectivity index (χ0) is 15.2. The highest BCUT2D eigenvalue weighted by Crippen LogP contribution is 2.19. The summed E-state index contributed by atoms with van der Waals surface area (Å²) in [5.41, 5.74) is 7.44. The van der Waals surface area contributed by atoms with Crippen LogP contribution in [0.4, 0.5) is 0 Å². The molecule has 0 atom stereocenters. The topological polar surface area (TPSA) is 62.4 Å². The molecule has 1 aromatic rings. The minimum Gasteiger partial charge on any atom is -0.493 e. The SMILES string of the molecule is Cc1ccc(C)c(OCCC(=O)NNC(=S)NC2CC2)c1. The number of carbonyl (C=O) groups excluding carboxylic acids is 1. The van der Waals surface area contributed by atoms with E-state index in [4.69, 9.17) is 17.0 Å². The molecule has 1 aliphatic rings. The third kappa shape index (κ3) is 5.59. The first-order valence-electron chi connectivity index (χ1n) is 7.10. The van der Waals surface area contributed by atoms with Crippen molar-refractivity contribution >= 4 is 23.2 Å². The van der Waals surface area contributed by atoms with Crippen molar-refractivity contribution in [3.05, 3.63) is 29.3 Å². The molecule has 6 heteroatoms. The van der Waals surface area contributed by atoms with Crippen molar-refractivity contribution in [3.8, 4) is 5.75 Å². The summed E-state index contributed by atoms with van der Waals surface area (Å²) in [6.45, 7) is 4.33. The Bertz CT molecular complexity index is 530. The quantitative estimate of drug-likeness (QED) is 0.571. The molecule has 1 aromatic carbocycles. The van der Waals surface area contributed by atoms with E-state index in [0.717, 1.165) is 29.7 Å². The number of thiocarbonyl (C=S) groups is 1. The van der Waals surface area contributed by atoms with E-state index in [1.807, 2.05) is 32.0 Å². The van der Waals surface area contributed by atoms with E-state index in [2.05, 4.69) is 16.2 Å². The molecule has 114 valence electrons. The molecule has 0 aromatic heterocycles. The zero-order valence-corrected chi connectivity index (χ0v) is 13.2. The number of nitrogens with one attached hydrogen (secondary N) is 3. The lowest BCUT2D eigenvalue weighted by Crippen LogP contribution is -2.47. The number of carbonyl (C=O) groups is 1. The van der Waals surface area contributed by atoms with Gasteiger partial charge in [0.05, 0.1) is 13.0 Å². The number of hydrogen-bond acceptors (Lipinski definition) is 3. The average molecular weight is 307 g/mol. The maximum absolute atomic E-state index is 11.6. The summed E-state index contributed by atoms with van der Waals surface area (Å²) in [6, 6.07) is 6.48. The number of benzene rings is 1. The molecule has 1 aliphatic carbocycles. The molecule has 21 heavy (non-hydrogen) atoms. The number of rotatable bonds is 5. The fourth-order valence-electron chi connectivity index (χ4n) is 1.75. The summed E-state index contributed by atoms with van der Waals surface area (Å²) in [7, 11) is 0. The molecule has 3 N–H and O–H groups in total. The molecule has 0 radical (unpaired) electrons. The molecule has 0 aliphatic heterocycles. The maximum atomic E-state index is 11.6. The predicted molar refractivity (Wildman–Crippen MR) is 86.1 cm³/mol. The van der Waals surface area contributed by atoms with Crippen LogP contribution in [-0.2, 0) is 4.79 Å². The van der Waals surface area contributed by atoms with Gasteiger partial charge in [-0.25, -0.2) is 0 Å². The third-order valence-electron chi connectivity index (χ3n) is 3.16. The highest BCUT2D eigenvalue weighted by Gasteiger charge is 2.21. The van der Waals surface area contributed by atoms with Crippen molar-refractivity contribution < 1.29 is 9.53 Å². The molecular formula is C15H21N3O2S. The summed E-state index contributed by atoms with van der Waals surface area (Å²) in [5, 5.41) is 3.54. The Morgan fingerprint density at radius 1 is 1.33 bits per heavy atom. The standard InChI is InChI=1S/C15H21N3O2S/c1-10-3-4-11(2)13(9-10)20-8-7-14(19)17-18-15(21)16-12-5-6-12/h3-4,9,12H,5-8H2,1-2H3,(H,17,19)(H2,16,18,21). The highest BCUT2D eigenvalue weighted by atomic mass is 32.1. The fourth-order valence-corrected chi connectivity index (χ4v) is 1.97. The van der Waals surface area contributed by atoms with E-state index in [-0.39, 0.29) is 12.3 Å². The van der Waals surface area contributed by atoms with Crippen LogP contribution < -0.4 is 20.9 Å². The van der Waals surface area contributed by atoms with Crippen molar-refractivity contribution in [2.75, 3.05) is 6.61 Å². The van der Waals surface area contributed by atoms with Crippen LogP contribution >= 0.6 is 12.2 Å². The molecule has 0 unspecified atom stereocenters. The van der Waals surface area contributed by atoms with Gasteiger partial charge in [-0.15, -0.1) is 0 Å². The Morgan fingerprint density at radius 3 is 2.81 bits per heavy atom. The average Bonchev–Trinajstić information content (AvgIpc) is 3.24. The van der Waals surface area contributed by atoms with Crippen molar-refractivity contribution in [3.63, 3.8) is 0 Å². The van der Waals surface area contributed by atoms with Crippen LogP contribution in [0.2, 0.25) is 0 Å². The molecule has 1 fully saturated rings. The molecule has 0 spiro atoms. The Labute approximate surface area is 130 Å². The molecule has 0 heterocycles. The van der Waals surface area contributed by atoms with Crippen molar-refractivity contribution in [1.29, 1.82) is 0 Å². The molecule has 5 nitrogen and oxygen atoms in total. The zero-order valence-electron chi connectivity index (χ0n) is 12.4. The monoisotopic (exact) mass is 307 g/mol. The number of amides is 1. The summed E-state index contributed by atoms with van der Waals surface area (Å²) >= 11 is 5.04. The first-order valence-corrected chi connectivity index (χ1v) is 7.51. The van der Waals surface area contributed by atoms with Gasteiger partial charge in [-0.1, -0.05) is 12.1 Å². The second-order valence-corrected chi connectivity index (χ2v) is 5.70. The summed E-state index contributed by atoms with van der Waals surface area (Å²) in [5.74, 6) is 0.668. The van der Waals surface area contributed by atoms with Crippen molar-refractivity contribution in [1.82, 2.24) is 16.2 Å². The molecule has 0 bridgehead atoms. The lowest BCUT2D eigenvalue weighted by molar-refractivity contribution is -0.122. The lowest BCUT2D eigenvalue weighted by Gasteiger charge is -2.12. The number of aryl methyl sites for hydroxylation is 2. The van der Waals surface area contributed by atoms with E-state index in [0.29, 0.717) is 17.8 Å². The van der Waals surface area contributed by atoms with Crippen LogP contribution in [0.25, 0.3) is 0 Å². The van der Waals surface area contributed by atoms with E-state index in [9.17, 15) is 4.79 Å². The molecule has 1 saturated carbocycles. The lowest BCUT2D eigenvalue weighted by atomic mass is 10.1. The molecule has 1 amide bonds. The van der Waals surface area contributed by atoms with Gasteiger partial charge in [0, 0.05) is 6.04 Å². The predicted octanol–water partition coefficient (Wildman–Crippen LogP) is 1.73. The van der Waals surface area contributed by atoms with Crippen LogP contribution in [0.15, 0.2) is 18.2 Å². The van der Waals surface area contributed by atoms with E-state index in [1.165, 1.54) is 0 Å². The van der Waals surface area contributed by atoms with Crippen molar-refractivity contribution in [2.24, 2.45) is 0 Å². The van der Waals surface area contributed by atoms with Gasteiger partial charge < -0.3 is 10.1 Å². The van der Waals surface area contributed by atoms with E-state index in [1.54, 1.807) is 0 Å². The minimum absolute atomic E-state index is 0.153. The molecule has 2 rings (SSSR count). The smallest absolute Gasteiger partial charge is 0.241 e. The number of ether oxygens (including phenoxy) is 1. The first kappa shape index (κ1) is 15.6. The largest absolute Gasteiger partial charge is 0.493 e. The van der Waals surface area contributed by atoms with Crippen LogP contribution in [0.5, 0.6) is 5.75 Å². The minimum atomic E-state index is -0.153.